The average Bonchev–Trinajstić information content (AvgIpc) is 3.00. The number of carboxylic acid groups (broad SMARTS) is 1. The zero-order chi connectivity index (χ0) is 35.8. The van der Waals surface area contributed by atoms with Crippen LogP contribution in [0, 0.1) is 11.8 Å². The molecule has 1 N–H and O–H groups in total. The van der Waals surface area contributed by atoms with E-state index in [1.165, 1.54) is 4.90 Å². The maximum atomic E-state index is 14.0. The third kappa shape index (κ3) is 8.17. The molecule has 2 aromatic rings. The minimum atomic E-state index is -5.19. The normalized spacial score (nSPS) is 21.8. The molecular weight excluding hydrogens is 663 g/mol. The van der Waals surface area contributed by atoms with Crippen LogP contribution < -0.4 is 4.90 Å². The zero-order valence-electron chi connectivity index (χ0n) is 25.8. The van der Waals surface area contributed by atoms with E-state index < -0.39 is 83.3 Å². The van der Waals surface area contributed by atoms with Gasteiger partial charge < -0.3 is 14.7 Å². The first-order valence-electron chi connectivity index (χ1n) is 15.1. The lowest BCUT2D eigenvalue weighted by Crippen LogP contribution is -2.50. The first-order valence-corrected chi connectivity index (χ1v) is 15.1. The van der Waals surface area contributed by atoms with Gasteiger partial charge in [-0.3, -0.25) is 14.5 Å². The van der Waals surface area contributed by atoms with E-state index in [4.69, 9.17) is 9.84 Å². The van der Waals surface area contributed by atoms with E-state index >= 15 is 0 Å². The topological polar surface area (TPSA) is 87.2 Å². The summed E-state index contributed by atoms with van der Waals surface area (Å²) in [6, 6.07) is 1.24. The van der Waals surface area contributed by atoms with Crippen LogP contribution in [-0.4, -0.2) is 41.1 Å². The van der Waals surface area contributed by atoms with Gasteiger partial charge in [0.25, 0.3) is 0 Å². The number of aliphatic carboxylic acids is 1. The molecule has 0 aromatic heterocycles. The number of alkyl halides is 9. The molecule has 1 aliphatic carbocycles. The SMILES string of the molecule is CC[C@@H]1C[C@@H](N(Cc2cc(C(F)(F)F)cc(C(F)(F)F)c2)C(=O)OC)c2cc(C(F)(F)F)ccc2N1C(=O)C1CCC(CC(=O)O)CC1. The largest absolute Gasteiger partial charge is 0.481 e. The number of ether oxygens (including phenoxy) is 1. The number of methoxy groups -OCH3 is 1. The number of carbonyl (C=O) groups is 3. The van der Waals surface area contributed by atoms with Crippen LogP contribution in [0.2, 0.25) is 0 Å². The van der Waals surface area contributed by atoms with Crippen molar-refractivity contribution in [2.45, 2.75) is 89.0 Å². The number of benzene rings is 2. The molecule has 1 saturated carbocycles. The Hall–Kier alpha value is -3.98. The van der Waals surface area contributed by atoms with Crippen LogP contribution in [0.5, 0.6) is 0 Å². The lowest BCUT2D eigenvalue weighted by atomic mass is 9.79. The molecule has 2 aliphatic rings. The highest BCUT2D eigenvalue weighted by molar-refractivity contribution is 5.97. The number of halogens is 9. The van der Waals surface area contributed by atoms with Crippen LogP contribution in [-0.2, 0) is 39.4 Å². The van der Waals surface area contributed by atoms with Crippen LogP contribution in [0.4, 0.5) is 50.0 Å². The van der Waals surface area contributed by atoms with Crippen LogP contribution >= 0.6 is 0 Å². The molecule has 0 spiro atoms. The van der Waals surface area contributed by atoms with Gasteiger partial charge in [0.1, 0.15) is 0 Å². The summed E-state index contributed by atoms with van der Waals surface area (Å²) in [4.78, 5) is 40.4. The Morgan fingerprint density at radius 3 is 1.90 bits per heavy atom. The van der Waals surface area contributed by atoms with Gasteiger partial charge >= 0.3 is 30.6 Å². The van der Waals surface area contributed by atoms with E-state index in [2.05, 4.69) is 0 Å². The van der Waals surface area contributed by atoms with Gasteiger partial charge in [-0.25, -0.2) is 4.79 Å². The number of carboxylic acids is 1. The van der Waals surface area contributed by atoms with Crippen molar-refractivity contribution in [1.29, 1.82) is 0 Å². The summed E-state index contributed by atoms with van der Waals surface area (Å²) >= 11 is 0. The monoisotopic (exact) mass is 696 g/mol. The summed E-state index contributed by atoms with van der Waals surface area (Å²) in [5.41, 5.74) is -5.19. The Morgan fingerprint density at radius 2 is 1.42 bits per heavy atom. The van der Waals surface area contributed by atoms with E-state index in [0.717, 1.165) is 30.2 Å². The number of hydrogen-bond donors (Lipinski definition) is 1. The summed E-state index contributed by atoms with van der Waals surface area (Å²) in [6.45, 7) is 0.795. The Labute approximate surface area is 269 Å². The molecule has 2 aromatic carbocycles. The van der Waals surface area contributed by atoms with Crippen molar-refractivity contribution in [2.75, 3.05) is 12.0 Å². The van der Waals surface area contributed by atoms with Gasteiger partial charge in [0.15, 0.2) is 0 Å². The highest BCUT2D eigenvalue weighted by atomic mass is 19.4. The molecule has 1 heterocycles. The van der Waals surface area contributed by atoms with Gasteiger partial charge in [-0.2, -0.15) is 39.5 Å². The van der Waals surface area contributed by atoms with E-state index in [-0.39, 0.29) is 42.5 Å². The van der Waals surface area contributed by atoms with Crippen molar-refractivity contribution in [3.8, 4) is 0 Å². The highest BCUT2D eigenvalue weighted by Crippen LogP contribution is 2.47. The molecule has 1 aliphatic heterocycles. The highest BCUT2D eigenvalue weighted by Gasteiger charge is 2.44. The van der Waals surface area contributed by atoms with Gasteiger partial charge in [0.2, 0.25) is 5.91 Å². The molecule has 1 fully saturated rings. The standard InChI is InChI=1S/C32H33F9N2O5/c1-3-23-15-26(42(29(47)48-2)16-18-10-21(31(36,37)38)13-22(11-18)32(39,40)41)24-14-20(30(33,34)35)8-9-25(24)43(23)28(46)19-6-4-17(5-7-19)12-27(44)45/h8-11,13-14,17,19,23,26H,3-7,12,15-16H2,1-2H3,(H,44,45)/t17?,19?,23-,26-/m1/s1. The molecule has 264 valence electrons. The third-order valence-corrected chi connectivity index (χ3v) is 8.99. The fraction of sp³-hybridized carbons (Fsp3) is 0.531. The van der Waals surface area contributed by atoms with Crippen LogP contribution in [0.15, 0.2) is 36.4 Å². The fourth-order valence-electron chi connectivity index (χ4n) is 6.63. The second-order valence-corrected chi connectivity index (χ2v) is 12.1. The molecule has 7 nitrogen and oxygen atoms in total. The second kappa shape index (κ2) is 13.9. The molecule has 0 bridgehead atoms. The number of anilines is 1. The fourth-order valence-corrected chi connectivity index (χ4v) is 6.63. The smallest absolute Gasteiger partial charge is 0.416 e. The molecule has 4 rings (SSSR count). The number of amides is 2. The van der Waals surface area contributed by atoms with Crippen molar-refractivity contribution in [1.82, 2.24) is 4.90 Å². The summed E-state index contributed by atoms with van der Waals surface area (Å²) in [5, 5.41) is 9.13. The van der Waals surface area contributed by atoms with E-state index in [1.807, 2.05) is 0 Å². The molecule has 0 unspecified atom stereocenters. The van der Waals surface area contributed by atoms with Crippen LogP contribution in [0.1, 0.15) is 85.7 Å². The molecule has 0 radical (unpaired) electrons. The first kappa shape index (κ1) is 36.8. The predicted molar refractivity (Wildman–Crippen MR) is 152 cm³/mol. The van der Waals surface area contributed by atoms with Crippen molar-refractivity contribution in [3.05, 3.63) is 64.2 Å². The number of rotatable bonds is 7. The molecule has 2 amide bonds. The van der Waals surface area contributed by atoms with Gasteiger partial charge in [-0.05, 0) is 92.0 Å². The van der Waals surface area contributed by atoms with Crippen molar-refractivity contribution in [3.63, 3.8) is 0 Å². The van der Waals surface area contributed by atoms with E-state index in [1.54, 1.807) is 6.92 Å². The zero-order valence-corrected chi connectivity index (χ0v) is 25.8. The molecule has 48 heavy (non-hydrogen) atoms. The lowest BCUT2D eigenvalue weighted by Gasteiger charge is -2.45. The minimum absolute atomic E-state index is 0.0117. The van der Waals surface area contributed by atoms with Crippen LogP contribution in [0.3, 0.4) is 0 Å². The van der Waals surface area contributed by atoms with E-state index in [9.17, 15) is 53.9 Å². The molecule has 2 atom stereocenters. The Bertz CT molecular complexity index is 1480. The summed E-state index contributed by atoms with van der Waals surface area (Å²) < 4.78 is 128. The molecule has 0 saturated heterocycles. The van der Waals surface area contributed by atoms with Gasteiger partial charge in [-0.15, -0.1) is 0 Å². The molecular formula is C32H33F9N2O5. The lowest BCUT2D eigenvalue weighted by molar-refractivity contribution is -0.143. The van der Waals surface area contributed by atoms with Crippen molar-refractivity contribution < 1.29 is 63.7 Å². The van der Waals surface area contributed by atoms with Crippen molar-refractivity contribution in [2.24, 2.45) is 11.8 Å². The number of fused-ring (bicyclic) bond motifs is 1. The first-order chi connectivity index (χ1) is 22.2. The van der Waals surface area contributed by atoms with Crippen LogP contribution in [0.25, 0.3) is 0 Å². The van der Waals surface area contributed by atoms with Gasteiger partial charge in [0, 0.05) is 30.6 Å². The van der Waals surface area contributed by atoms with Gasteiger partial charge in [0.05, 0.1) is 29.8 Å². The predicted octanol–water partition coefficient (Wildman–Crippen LogP) is 8.85. The quantitative estimate of drug-likeness (QED) is 0.293. The van der Waals surface area contributed by atoms with Crippen molar-refractivity contribution >= 4 is 23.7 Å². The Kier molecular flexibility index (Phi) is 10.6. The molecule has 16 heteroatoms. The number of nitrogens with zero attached hydrogens (tertiary/aromatic N) is 2. The third-order valence-electron chi connectivity index (χ3n) is 8.99. The maximum absolute atomic E-state index is 14.0. The summed E-state index contributed by atoms with van der Waals surface area (Å²) in [7, 11) is 0.909. The minimum Gasteiger partial charge on any atom is -0.481 e. The second-order valence-electron chi connectivity index (χ2n) is 12.1. The number of hydrogen-bond acceptors (Lipinski definition) is 4. The summed E-state index contributed by atoms with van der Waals surface area (Å²) in [6.07, 6.45) is -14.9. The van der Waals surface area contributed by atoms with Gasteiger partial charge in [-0.1, -0.05) is 6.92 Å². The average molecular weight is 697 g/mol. The van der Waals surface area contributed by atoms with E-state index in [0.29, 0.717) is 37.8 Å². The maximum Gasteiger partial charge on any atom is 0.416 e. The Morgan fingerprint density at radius 1 is 0.854 bits per heavy atom. The number of carbonyl (C=O) groups excluding carboxylic acids is 2. The Balaban J connectivity index is 1.80. The summed E-state index contributed by atoms with van der Waals surface area (Å²) in [5.74, 6) is -2.09.